The van der Waals surface area contributed by atoms with Crippen LogP contribution in [0, 0.1) is 0 Å². The van der Waals surface area contributed by atoms with E-state index in [-0.39, 0.29) is 18.9 Å². The number of carbonyl (C=O) groups is 1. The van der Waals surface area contributed by atoms with E-state index in [9.17, 15) is 19.4 Å². The van der Waals surface area contributed by atoms with Gasteiger partial charge in [0, 0.05) is 6.42 Å². The summed E-state index contributed by atoms with van der Waals surface area (Å²) in [5, 5.41) is 13.9. The number of nitrogens with one attached hydrogen (secondary N) is 1. The van der Waals surface area contributed by atoms with Gasteiger partial charge in [0.1, 0.15) is 13.2 Å². The smallest absolute Gasteiger partial charge is 0.268 e. The fourth-order valence-electron chi connectivity index (χ4n) is 10.1. The van der Waals surface area contributed by atoms with Gasteiger partial charge in [-0.3, -0.25) is 9.36 Å². The first-order valence-corrected chi connectivity index (χ1v) is 37.5. The Kier molecular flexibility index (Phi) is 64.5. The van der Waals surface area contributed by atoms with E-state index in [0.29, 0.717) is 17.4 Å². The van der Waals surface area contributed by atoms with E-state index < -0.39 is 26.6 Å². The quantitative estimate of drug-likeness (QED) is 0.0272. The van der Waals surface area contributed by atoms with Gasteiger partial charge in [-0.15, -0.1) is 0 Å². The van der Waals surface area contributed by atoms with E-state index in [1.54, 1.807) is 6.08 Å². The maximum Gasteiger partial charge on any atom is 0.268 e. The summed E-state index contributed by atoms with van der Waals surface area (Å²) >= 11 is 0. The molecule has 9 heteroatoms. The van der Waals surface area contributed by atoms with Gasteiger partial charge >= 0.3 is 0 Å². The highest BCUT2D eigenvalue weighted by molar-refractivity contribution is 7.45. The van der Waals surface area contributed by atoms with Crippen molar-refractivity contribution in [1.82, 2.24) is 5.32 Å². The third-order valence-corrected chi connectivity index (χ3v) is 16.6. The van der Waals surface area contributed by atoms with Crippen molar-refractivity contribution in [2.45, 2.75) is 315 Å². The van der Waals surface area contributed by atoms with Crippen LogP contribution in [0.4, 0.5) is 0 Å². The molecule has 500 valence electrons. The fourth-order valence-corrected chi connectivity index (χ4v) is 10.8. The number of nitrogens with zero attached hydrogens (tertiary/aromatic N) is 1. The van der Waals surface area contributed by atoms with Crippen molar-refractivity contribution in [1.29, 1.82) is 0 Å². The number of phosphoric acid groups is 1. The second-order valence-corrected chi connectivity index (χ2v) is 26.6. The summed E-state index contributed by atoms with van der Waals surface area (Å²) in [6.45, 7) is 4.52. The van der Waals surface area contributed by atoms with E-state index in [2.05, 4.69) is 141 Å². The molecule has 0 heterocycles. The van der Waals surface area contributed by atoms with Gasteiger partial charge in [-0.2, -0.15) is 0 Å². The molecule has 0 fully saturated rings. The zero-order valence-electron chi connectivity index (χ0n) is 57.2. The first kappa shape index (κ1) is 83.6. The van der Waals surface area contributed by atoms with Crippen LogP contribution in [0.25, 0.3) is 0 Å². The standard InChI is InChI=1S/C78H137N2O6P/c1-6-8-10-12-14-16-18-20-22-24-26-28-30-32-34-36-38-40-42-44-46-48-50-52-54-56-58-60-62-64-66-68-70-72-78(82)79-76(75-86-87(83,84)85-74-73-80(3,4)5)77(81)71-69-67-65-63-61-59-57-55-53-51-49-47-45-43-41-39-37-35-33-31-29-27-25-23-21-19-17-15-13-11-9-7-2/h8,10,14,16,20,22,26,28,32,34,38,40,44,46,50,52,56,58,62,64,69,71,76-77,81H,6-7,9,11-13,15,17-19,21,23-25,27,29-31,33,35-37,39,41-43,45,47-49,51,53-55,57,59-61,63,65-68,70,72-75H2,1-5H3,(H-,79,82,83,84)/b10-8-,16-14-,22-20-,28-26-,34-32-,40-38-,46-44-,52-50-,58-56-,64-62-,71-69+. The molecule has 0 rings (SSSR count). The number of hydrogen-bond acceptors (Lipinski definition) is 6. The number of amides is 1. The van der Waals surface area contributed by atoms with Crippen LogP contribution in [-0.4, -0.2) is 68.5 Å². The van der Waals surface area contributed by atoms with Crippen molar-refractivity contribution < 1.29 is 32.9 Å². The molecular formula is C78H137N2O6P. The Labute approximate surface area is 538 Å². The highest BCUT2D eigenvalue weighted by Gasteiger charge is 2.23. The topological polar surface area (TPSA) is 108 Å². The number of rotatable bonds is 65. The van der Waals surface area contributed by atoms with Gasteiger partial charge < -0.3 is 28.8 Å². The lowest BCUT2D eigenvalue weighted by Gasteiger charge is -2.29. The van der Waals surface area contributed by atoms with Gasteiger partial charge in [0.05, 0.1) is 39.9 Å². The lowest BCUT2D eigenvalue weighted by atomic mass is 10.0. The normalized spacial score (nSPS) is 14.4. The maximum atomic E-state index is 13.0. The molecule has 0 spiro atoms. The number of quaternary nitrogens is 1. The van der Waals surface area contributed by atoms with E-state index in [1.807, 2.05) is 27.2 Å². The molecule has 2 N–H and O–H groups in total. The van der Waals surface area contributed by atoms with Gasteiger partial charge in [0.15, 0.2) is 0 Å². The summed E-state index contributed by atoms with van der Waals surface area (Å²) in [7, 11) is 1.22. The van der Waals surface area contributed by atoms with Crippen LogP contribution in [0.15, 0.2) is 134 Å². The zero-order valence-corrected chi connectivity index (χ0v) is 58.1. The molecule has 0 aliphatic carbocycles. The predicted molar refractivity (Wildman–Crippen MR) is 380 cm³/mol. The van der Waals surface area contributed by atoms with Crippen LogP contribution < -0.4 is 10.2 Å². The molecule has 0 aliphatic heterocycles. The predicted octanol–water partition coefficient (Wildman–Crippen LogP) is 22.8. The monoisotopic (exact) mass is 1230 g/mol. The number of unbranched alkanes of at least 4 members (excludes halogenated alkanes) is 32. The Bertz CT molecular complexity index is 1880. The van der Waals surface area contributed by atoms with Crippen molar-refractivity contribution in [3.05, 3.63) is 134 Å². The summed E-state index contributed by atoms with van der Waals surface area (Å²) in [5.74, 6) is -0.242. The SMILES string of the molecule is CC/C=C\C/C=C\C/C=C\C/C=C\C/C=C\C/C=C\C/C=C\C/C=C\C/C=C\C/C=C\CCCCC(=O)NC(COP(=O)([O-])OCC[N+](C)(C)C)C(O)/C=C/CCCCCCCCCCCCCCCCCCCCCCCCCCCCCCCC. The number of hydrogen-bond donors (Lipinski definition) is 2. The van der Waals surface area contributed by atoms with E-state index in [4.69, 9.17) is 9.05 Å². The van der Waals surface area contributed by atoms with Crippen LogP contribution in [0.2, 0.25) is 0 Å². The molecule has 8 nitrogen and oxygen atoms in total. The van der Waals surface area contributed by atoms with Crippen LogP contribution in [0.1, 0.15) is 303 Å². The van der Waals surface area contributed by atoms with Crippen LogP contribution in [0.3, 0.4) is 0 Å². The van der Waals surface area contributed by atoms with Gasteiger partial charge in [0.2, 0.25) is 5.91 Å². The third-order valence-electron chi connectivity index (χ3n) is 15.6. The molecule has 0 aromatic carbocycles. The number of phosphoric ester groups is 1. The average molecular weight is 1230 g/mol. The van der Waals surface area contributed by atoms with Crippen molar-refractivity contribution in [3.63, 3.8) is 0 Å². The summed E-state index contributed by atoms with van der Waals surface area (Å²) in [6.07, 6.45) is 102. The van der Waals surface area contributed by atoms with Crippen LogP contribution >= 0.6 is 7.82 Å². The van der Waals surface area contributed by atoms with E-state index in [1.165, 1.54) is 180 Å². The summed E-state index contributed by atoms with van der Waals surface area (Å²) < 4.78 is 23.4. The minimum Gasteiger partial charge on any atom is -0.756 e. The number of likely N-dealkylation sites (N-methyl/N-ethyl adjacent to an activating group) is 1. The molecule has 0 radical (unpaired) electrons. The van der Waals surface area contributed by atoms with Crippen LogP contribution in [0.5, 0.6) is 0 Å². The lowest BCUT2D eigenvalue weighted by Crippen LogP contribution is -2.45. The molecule has 0 saturated heterocycles. The Hall–Kier alpha value is -3.36. The van der Waals surface area contributed by atoms with Crippen molar-refractivity contribution >= 4 is 13.7 Å². The molecule has 1 amide bonds. The Morgan fingerprint density at radius 3 is 1.02 bits per heavy atom. The maximum absolute atomic E-state index is 13.0. The zero-order chi connectivity index (χ0) is 63.4. The van der Waals surface area contributed by atoms with Gasteiger partial charge in [-0.1, -0.05) is 334 Å². The molecule has 0 bridgehead atoms. The van der Waals surface area contributed by atoms with Gasteiger partial charge in [-0.05, 0) is 96.3 Å². The number of aliphatic hydroxyl groups is 1. The highest BCUT2D eigenvalue weighted by Crippen LogP contribution is 2.38. The van der Waals surface area contributed by atoms with Crippen molar-refractivity contribution in [2.75, 3.05) is 40.9 Å². The van der Waals surface area contributed by atoms with Gasteiger partial charge in [-0.25, -0.2) is 0 Å². The Morgan fingerprint density at radius 2 is 0.701 bits per heavy atom. The summed E-state index contributed by atoms with van der Waals surface area (Å²) in [5.41, 5.74) is 0. The van der Waals surface area contributed by atoms with E-state index in [0.717, 1.165) is 96.3 Å². The minimum absolute atomic E-state index is 0.0166. The lowest BCUT2D eigenvalue weighted by molar-refractivity contribution is -0.870. The van der Waals surface area contributed by atoms with Crippen LogP contribution in [-0.2, 0) is 18.4 Å². The first-order valence-electron chi connectivity index (χ1n) is 36.0. The molecule has 87 heavy (non-hydrogen) atoms. The molecular weight excluding hydrogens is 1090 g/mol. The molecule has 0 aliphatic rings. The van der Waals surface area contributed by atoms with E-state index >= 15 is 0 Å². The minimum atomic E-state index is -4.63. The van der Waals surface area contributed by atoms with Crippen molar-refractivity contribution in [2.24, 2.45) is 0 Å². The van der Waals surface area contributed by atoms with Crippen molar-refractivity contribution in [3.8, 4) is 0 Å². The molecule has 0 aromatic rings. The highest BCUT2D eigenvalue weighted by atomic mass is 31.2. The fraction of sp³-hybridized carbons (Fsp3) is 0.705. The third kappa shape index (κ3) is 70.0. The number of carbonyl (C=O) groups excluding carboxylic acids is 1. The molecule has 3 unspecified atom stereocenters. The Morgan fingerprint density at radius 1 is 0.414 bits per heavy atom. The second kappa shape index (κ2) is 67.0. The summed E-state index contributed by atoms with van der Waals surface area (Å²) in [6, 6.07) is -0.923. The Balaban J connectivity index is 4.20. The molecule has 0 saturated carbocycles. The molecule has 3 atom stereocenters. The second-order valence-electron chi connectivity index (χ2n) is 25.2. The summed E-state index contributed by atoms with van der Waals surface area (Å²) in [4.78, 5) is 25.6. The largest absolute Gasteiger partial charge is 0.756 e. The first-order chi connectivity index (χ1) is 42.5. The number of allylic oxidation sites excluding steroid dienone is 21. The molecule has 0 aromatic heterocycles. The van der Waals surface area contributed by atoms with Gasteiger partial charge in [0.25, 0.3) is 7.82 Å². The number of aliphatic hydroxyl groups excluding tert-OH is 1. The average Bonchev–Trinajstić information content (AvgIpc) is 3.71.